The number of hydrogen-bond donors (Lipinski definition) is 1. The molecule has 0 unspecified atom stereocenters. The lowest BCUT2D eigenvalue weighted by Gasteiger charge is -1.98. The summed E-state index contributed by atoms with van der Waals surface area (Å²) in [7, 11) is 0. The van der Waals surface area contributed by atoms with Crippen LogP contribution in [0.5, 0.6) is 0 Å². The summed E-state index contributed by atoms with van der Waals surface area (Å²) in [6, 6.07) is 4.01. The fraction of sp³-hybridized carbons (Fsp3) is 0.231. The molecule has 1 aromatic heterocycles. The van der Waals surface area contributed by atoms with Crippen LogP contribution >= 0.6 is 11.6 Å². The lowest BCUT2D eigenvalue weighted by atomic mass is 10.1. The van der Waals surface area contributed by atoms with Gasteiger partial charge in [-0.05, 0) is 24.1 Å². The second-order valence-electron chi connectivity index (χ2n) is 4.32. The highest BCUT2D eigenvalue weighted by Gasteiger charge is 2.23. The van der Waals surface area contributed by atoms with Crippen LogP contribution in [0.25, 0.3) is 11.5 Å². The summed E-state index contributed by atoms with van der Waals surface area (Å²) in [5.41, 5.74) is 0.371. The summed E-state index contributed by atoms with van der Waals surface area (Å²) in [6.07, 6.45) is 0. The first kappa shape index (κ1) is 13.5. The van der Waals surface area contributed by atoms with E-state index in [-0.39, 0.29) is 33.8 Å². The molecule has 0 bridgehead atoms. The molecule has 0 saturated heterocycles. The maximum Gasteiger partial charge on any atom is 0.373 e. The van der Waals surface area contributed by atoms with Crippen LogP contribution in [-0.4, -0.2) is 16.1 Å². The lowest BCUT2D eigenvalue weighted by molar-refractivity contribution is 0.0661. The Bertz CT molecular complexity index is 637. The van der Waals surface area contributed by atoms with E-state index in [1.165, 1.54) is 12.1 Å². The Hall–Kier alpha value is -1.88. The van der Waals surface area contributed by atoms with Crippen molar-refractivity contribution in [1.29, 1.82) is 0 Å². The van der Waals surface area contributed by atoms with Crippen LogP contribution in [0.4, 0.5) is 4.39 Å². The number of aromatic carboxylic acids is 1. The quantitative estimate of drug-likeness (QED) is 0.926. The first-order valence-corrected chi connectivity index (χ1v) is 5.97. The zero-order valence-corrected chi connectivity index (χ0v) is 11.0. The number of carboxylic acids is 1. The number of nitrogens with zero attached hydrogens (tertiary/aromatic N) is 1. The number of benzene rings is 1. The van der Waals surface area contributed by atoms with E-state index in [9.17, 15) is 9.18 Å². The summed E-state index contributed by atoms with van der Waals surface area (Å²) < 4.78 is 18.9. The third-order valence-corrected chi connectivity index (χ3v) is 2.79. The Labute approximate surface area is 113 Å². The molecule has 1 heterocycles. The molecule has 0 fully saturated rings. The molecular weight excluding hydrogens is 273 g/mol. The summed E-state index contributed by atoms with van der Waals surface area (Å²) in [5, 5.41) is 9.29. The number of carbonyl (C=O) groups is 1. The topological polar surface area (TPSA) is 63.3 Å². The molecule has 0 aliphatic rings. The molecule has 1 N–H and O–H groups in total. The number of hydrogen-bond acceptors (Lipinski definition) is 3. The molecular formula is C13H11ClFNO3. The summed E-state index contributed by atoms with van der Waals surface area (Å²) in [5.74, 6) is -2.30. The van der Waals surface area contributed by atoms with Gasteiger partial charge in [0, 0.05) is 5.02 Å². The van der Waals surface area contributed by atoms with Crippen LogP contribution in [0.15, 0.2) is 22.6 Å². The Morgan fingerprint density at radius 2 is 2.16 bits per heavy atom. The van der Waals surface area contributed by atoms with E-state index in [1.54, 1.807) is 13.8 Å². The first-order chi connectivity index (χ1) is 8.90. The highest BCUT2D eigenvalue weighted by Crippen LogP contribution is 2.29. The zero-order chi connectivity index (χ0) is 14.2. The van der Waals surface area contributed by atoms with E-state index in [0.29, 0.717) is 0 Å². The van der Waals surface area contributed by atoms with E-state index < -0.39 is 11.8 Å². The predicted octanol–water partition coefficient (Wildman–Crippen LogP) is 3.96. The number of carboxylic acid groups (broad SMARTS) is 1. The van der Waals surface area contributed by atoms with Gasteiger partial charge in [0.25, 0.3) is 0 Å². The average molecular weight is 284 g/mol. The van der Waals surface area contributed by atoms with Gasteiger partial charge in [-0.3, -0.25) is 0 Å². The Morgan fingerprint density at radius 3 is 2.63 bits per heavy atom. The molecule has 0 saturated carbocycles. The van der Waals surface area contributed by atoms with Crippen LogP contribution in [0.1, 0.15) is 36.0 Å². The molecule has 2 rings (SSSR count). The number of rotatable bonds is 3. The van der Waals surface area contributed by atoms with Crippen LogP contribution < -0.4 is 0 Å². The third kappa shape index (κ3) is 2.61. The molecule has 0 aliphatic carbocycles. The third-order valence-electron chi connectivity index (χ3n) is 2.56. The summed E-state index contributed by atoms with van der Waals surface area (Å²) in [6.45, 7) is 3.57. The molecule has 0 radical (unpaired) electrons. The number of oxazole rings is 1. The highest BCUT2D eigenvalue weighted by atomic mass is 35.5. The van der Waals surface area contributed by atoms with Gasteiger partial charge in [-0.1, -0.05) is 25.4 Å². The number of halogens is 2. The van der Waals surface area contributed by atoms with Gasteiger partial charge < -0.3 is 9.52 Å². The van der Waals surface area contributed by atoms with Gasteiger partial charge >= 0.3 is 5.97 Å². The maximum atomic E-state index is 13.7. The van der Waals surface area contributed by atoms with Gasteiger partial charge in [-0.15, -0.1) is 0 Å². The Kier molecular flexibility index (Phi) is 3.57. The van der Waals surface area contributed by atoms with Crippen LogP contribution in [0.2, 0.25) is 5.02 Å². The highest BCUT2D eigenvalue weighted by molar-refractivity contribution is 6.30. The van der Waals surface area contributed by atoms with Gasteiger partial charge in [-0.25, -0.2) is 14.2 Å². The molecule has 0 amide bonds. The monoisotopic (exact) mass is 283 g/mol. The molecule has 4 nitrogen and oxygen atoms in total. The largest absolute Gasteiger partial charge is 0.475 e. The second kappa shape index (κ2) is 5.01. The van der Waals surface area contributed by atoms with Gasteiger partial charge in [0.1, 0.15) is 5.82 Å². The van der Waals surface area contributed by atoms with E-state index >= 15 is 0 Å². The second-order valence-corrected chi connectivity index (χ2v) is 4.75. The molecule has 6 heteroatoms. The summed E-state index contributed by atoms with van der Waals surface area (Å²) in [4.78, 5) is 15.1. The van der Waals surface area contributed by atoms with Gasteiger partial charge in [0.2, 0.25) is 11.7 Å². The zero-order valence-electron chi connectivity index (χ0n) is 10.3. The minimum absolute atomic E-state index is 0.0599. The Morgan fingerprint density at radius 1 is 1.47 bits per heavy atom. The lowest BCUT2D eigenvalue weighted by Crippen LogP contribution is -2.01. The van der Waals surface area contributed by atoms with Crippen molar-refractivity contribution >= 4 is 17.6 Å². The average Bonchev–Trinajstić information content (AvgIpc) is 2.73. The van der Waals surface area contributed by atoms with E-state index in [4.69, 9.17) is 21.1 Å². The smallest absolute Gasteiger partial charge is 0.373 e. The maximum absolute atomic E-state index is 13.7. The molecule has 0 atom stereocenters. The Balaban J connectivity index is 2.57. The van der Waals surface area contributed by atoms with Crippen molar-refractivity contribution < 1.29 is 18.7 Å². The van der Waals surface area contributed by atoms with Gasteiger partial charge in [-0.2, -0.15) is 0 Å². The van der Waals surface area contributed by atoms with E-state index in [1.807, 2.05) is 0 Å². The SMILES string of the molecule is CC(C)c1nc(-c2ccc(Cl)cc2F)oc1C(=O)O. The fourth-order valence-corrected chi connectivity index (χ4v) is 1.81. The molecule has 0 spiro atoms. The first-order valence-electron chi connectivity index (χ1n) is 5.59. The van der Waals surface area contributed by atoms with Crippen molar-refractivity contribution in [3.05, 3.63) is 40.5 Å². The molecule has 2 aromatic rings. The minimum Gasteiger partial charge on any atom is -0.475 e. The normalized spacial score (nSPS) is 11.0. The standard InChI is InChI=1S/C13H11ClFNO3/c1-6(2)10-11(13(17)18)19-12(16-10)8-4-3-7(14)5-9(8)15/h3-6H,1-2H3,(H,17,18). The van der Waals surface area contributed by atoms with Gasteiger partial charge in [0.15, 0.2) is 0 Å². The van der Waals surface area contributed by atoms with Crippen LogP contribution in [0.3, 0.4) is 0 Å². The van der Waals surface area contributed by atoms with Crippen molar-refractivity contribution in [2.24, 2.45) is 0 Å². The van der Waals surface area contributed by atoms with Crippen molar-refractivity contribution in [2.45, 2.75) is 19.8 Å². The van der Waals surface area contributed by atoms with Crippen molar-refractivity contribution in [1.82, 2.24) is 4.98 Å². The van der Waals surface area contributed by atoms with E-state index in [0.717, 1.165) is 6.07 Å². The van der Waals surface area contributed by atoms with Crippen LogP contribution in [0, 0.1) is 5.82 Å². The number of aromatic nitrogens is 1. The molecule has 100 valence electrons. The van der Waals surface area contributed by atoms with Crippen molar-refractivity contribution in [3.63, 3.8) is 0 Å². The summed E-state index contributed by atoms with van der Waals surface area (Å²) >= 11 is 5.66. The molecule has 19 heavy (non-hydrogen) atoms. The van der Waals surface area contributed by atoms with Crippen LogP contribution in [-0.2, 0) is 0 Å². The molecule has 1 aromatic carbocycles. The van der Waals surface area contributed by atoms with E-state index in [2.05, 4.69) is 4.98 Å². The van der Waals surface area contributed by atoms with Gasteiger partial charge in [0.05, 0.1) is 11.3 Å². The molecule has 0 aliphatic heterocycles. The minimum atomic E-state index is -1.23. The van der Waals surface area contributed by atoms with Crippen molar-refractivity contribution in [2.75, 3.05) is 0 Å². The fourth-order valence-electron chi connectivity index (χ4n) is 1.65. The van der Waals surface area contributed by atoms with Crippen molar-refractivity contribution in [3.8, 4) is 11.5 Å². The predicted molar refractivity (Wildman–Crippen MR) is 68.0 cm³/mol.